The lowest BCUT2D eigenvalue weighted by Crippen LogP contribution is -2.29. The number of halogens is 2. The van der Waals surface area contributed by atoms with Crippen LogP contribution in [-0.4, -0.2) is 61.6 Å². The highest BCUT2D eigenvalue weighted by atomic mass is 35.5. The van der Waals surface area contributed by atoms with Crippen molar-refractivity contribution in [2.24, 2.45) is 0 Å². The molecule has 0 fully saturated rings. The molecule has 0 saturated carbocycles. The summed E-state index contributed by atoms with van der Waals surface area (Å²) >= 11 is 12.0. The first-order valence-corrected chi connectivity index (χ1v) is 11.7. The van der Waals surface area contributed by atoms with Gasteiger partial charge in [-0.1, -0.05) is 18.5 Å². The first-order chi connectivity index (χ1) is 15.5. The van der Waals surface area contributed by atoms with E-state index >= 15 is 0 Å². The van der Waals surface area contributed by atoms with Crippen molar-refractivity contribution in [3.8, 4) is 5.75 Å². The van der Waals surface area contributed by atoms with Gasteiger partial charge in [0.25, 0.3) is 0 Å². The number of carbonyl (C=O) groups is 1. The van der Waals surface area contributed by atoms with Crippen LogP contribution in [0.5, 0.6) is 5.75 Å². The van der Waals surface area contributed by atoms with Crippen LogP contribution in [-0.2, 0) is 9.53 Å². The van der Waals surface area contributed by atoms with Gasteiger partial charge in [0.2, 0.25) is 0 Å². The van der Waals surface area contributed by atoms with Gasteiger partial charge in [0, 0.05) is 41.3 Å². The Labute approximate surface area is 198 Å². The number of fused-ring (bicyclic) bond motifs is 2. The second-order valence-electron chi connectivity index (χ2n) is 7.46. The van der Waals surface area contributed by atoms with Crippen molar-refractivity contribution in [2.75, 3.05) is 51.1 Å². The summed E-state index contributed by atoms with van der Waals surface area (Å²) in [4.78, 5) is 19.1. The van der Waals surface area contributed by atoms with Crippen LogP contribution in [0.1, 0.15) is 19.8 Å². The molecule has 0 unspecified atom stereocenters. The highest BCUT2D eigenvalue weighted by molar-refractivity contribution is 6.31. The Balaban J connectivity index is 1.66. The Hall–Kier alpha value is -2.28. The van der Waals surface area contributed by atoms with E-state index in [1.54, 1.807) is 7.11 Å². The number of methoxy groups -OCH3 is 1. The van der Waals surface area contributed by atoms with Crippen LogP contribution in [0, 0.1) is 0 Å². The molecule has 0 bridgehead atoms. The smallest absolute Gasteiger partial charge is 0.307 e. The summed E-state index contributed by atoms with van der Waals surface area (Å²) in [5.74, 6) is 1.10. The lowest BCUT2D eigenvalue weighted by Gasteiger charge is -2.19. The Bertz CT molecular complexity index is 1060. The predicted molar refractivity (Wildman–Crippen MR) is 132 cm³/mol. The van der Waals surface area contributed by atoms with E-state index in [0.29, 0.717) is 30.4 Å². The lowest BCUT2D eigenvalue weighted by atomic mass is 10.1. The molecular formula is C24H29Cl2N3O3. The molecule has 0 aliphatic carbocycles. The first kappa shape index (κ1) is 24.4. The number of pyridine rings is 1. The number of rotatable bonds is 12. The fourth-order valence-electron chi connectivity index (χ4n) is 3.65. The second kappa shape index (κ2) is 12.1. The van der Waals surface area contributed by atoms with E-state index in [9.17, 15) is 4.79 Å². The Morgan fingerprint density at radius 2 is 1.94 bits per heavy atom. The van der Waals surface area contributed by atoms with Gasteiger partial charge < -0.3 is 19.7 Å². The van der Waals surface area contributed by atoms with Gasteiger partial charge in [0.15, 0.2) is 0 Å². The van der Waals surface area contributed by atoms with Crippen molar-refractivity contribution in [3.63, 3.8) is 0 Å². The van der Waals surface area contributed by atoms with Crippen LogP contribution >= 0.6 is 23.2 Å². The summed E-state index contributed by atoms with van der Waals surface area (Å²) < 4.78 is 10.8. The molecule has 0 spiro atoms. The zero-order valence-corrected chi connectivity index (χ0v) is 20.0. The van der Waals surface area contributed by atoms with Crippen molar-refractivity contribution in [3.05, 3.63) is 41.4 Å². The Kier molecular flexibility index (Phi) is 9.21. The number of benzene rings is 2. The quantitative estimate of drug-likeness (QED) is 0.164. The number of hydrogen-bond donors (Lipinski definition) is 1. The van der Waals surface area contributed by atoms with E-state index in [-0.39, 0.29) is 12.6 Å². The summed E-state index contributed by atoms with van der Waals surface area (Å²) in [6.45, 7) is 5.22. The molecule has 0 amide bonds. The highest BCUT2D eigenvalue weighted by Gasteiger charge is 2.12. The van der Waals surface area contributed by atoms with Gasteiger partial charge in [-0.25, -0.2) is 4.98 Å². The summed E-state index contributed by atoms with van der Waals surface area (Å²) in [6, 6.07) is 11.4. The third-order valence-electron chi connectivity index (χ3n) is 5.18. The van der Waals surface area contributed by atoms with Gasteiger partial charge in [0.1, 0.15) is 12.4 Å². The fourth-order valence-corrected chi connectivity index (χ4v) is 4.05. The molecule has 0 saturated heterocycles. The maximum Gasteiger partial charge on any atom is 0.307 e. The summed E-state index contributed by atoms with van der Waals surface area (Å²) in [7, 11) is 1.64. The van der Waals surface area contributed by atoms with Gasteiger partial charge >= 0.3 is 5.97 Å². The summed E-state index contributed by atoms with van der Waals surface area (Å²) in [5, 5.41) is 5.92. The third-order valence-corrected chi connectivity index (χ3v) is 5.59. The van der Waals surface area contributed by atoms with Crippen LogP contribution in [0.3, 0.4) is 0 Å². The average Bonchev–Trinajstić information content (AvgIpc) is 2.79. The molecule has 6 nitrogen and oxygen atoms in total. The monoisotopic (exact) mass is 477 g/mol. The van der Waals surface area contributed by atoms with E-state index in [2.05, 4.69) is 17.1 Å². The molecule has 1 aromatic heterocycles. The molecule has 0 aliphatic rings. The number of alkyl halides is 1. The fraction of sp³-hybridized carbons (Fsp3) is 0.417. The molecule has 3 rings (SSSR count). The Morgan fingerprint density at radius 1 is 1.09 bits per heavy atom. The van der Waals surface area contributed by atoms with Gasteiger partial charge in [-0.15, -0.1) is 11.6 Å². The average molecular weight is 478 g/mol. The first-order valence-electron chi connectivity index (χ1n) is 10.8. The van der Waals surface area contributed by atoms with Crippen LogP contribution < -0.4 is 10.1 Å². The largest absolute Gasteiger partial charge is 0.497 e. The van der Waals surface area contributed by atoms with E-state index < -0.39 is 0 Å². The SMILES string of the molecule is CCCN(CCCl)CCC(=O)OCCNc1c2ccc(Cl)cc2nc2ccc(OC)cc12. The molecule has 2 aromatic carbocycles. The van der Waals surface area contributed by atoms with E-state index in [0.717, 1.165) is 52.8 Å². The number of anilines is 1. The molecule has 1 heterocycles. The number of aromatic nitrogens is 1. The minimum atomic E-state index is -0.208. The van der Waals surface area contributed by atoms with Gasteiger partial charge in [-0.2, -0.15) is 0 Å². The van der Waals surface area contributed by atoms with Crippen molar-refractivity contribution < 1.29 is 14.3 Å². The molecule has 172 valence electrons. The van der Waals surface area contributed by atoms with Crippen molar-refractivity contribution >= 4 is 56.7 Å². The van der Waals surface area contributed by atoms with E-state index in [1.807, 2.05) is 36.4 Å². The van der Waals surface area contributed by atoms with Gasteiger partial charge in [0.05, 0.1) is 30.3 Å². The highest BCUT2D eigenvalue weighted by Crippen LogP contribution is 2.34. The topological polar surface area (TPSA) is 63.7 Å². The maximum atomic E-state index is 12.2. The predicted octanol–water partition coefficient (Wildman–Crippen LogP) is 5.35. The zero-order valence-electron chi connectivity index (χ0n) is 18.5. The number of carbonyl (C=O) groups excluding carboxylic acids is 1. The lowest BCUT2D eigenvalue weighted by molar-refractivity contribution is -0.143. The van der Waals surface area contributed by atoms with E-state index in [4.69, 9.17) is 37.7 Å². The van der Waals surface area contributed by atoms with Crippen LogP contribution in [0.15, 0.2) is 36.4 Å². The number of nitrogens with zero attached hydrogens (tertiary/aromatic N) is 2. The zero-order chi connectivity index (χ0) is 22.9. The standard InChI is InChI=1S/C24H29Cl2N3O3/c1-3-11-29(13-9-25)12-8-23(30)32-14-10-27-24-19-6-4-17(26)15-22(19)28-21-7-5-18(31-2)16-20(21)24/h4-7,15-16H,3,8-14H2,1-2H3,(H,27,28). The van der Waals surface area contributed by atoms with Gasteiger partial charge in [-0.3, -0.25) is 4.79 Å². The minimum absolute atomic E-state index is 0.208. The van der Waals surface area contributed by atoms with Crippen molar-refractivity contribution in [1.29, 1.82) is 0 Å². The number of hydrogen-bond acceptors (Lipinski definition) is 6. The molecule has 0 aliphatic heterocycles. The number of nitrogens with one attached hydrogen (secondary N) is 1. The van der Waals surface area contributed by atoms with Crippen LogP contribution in [0.25, 0.3) is 21.8 Å². The van der Waals surface area contributed by atoms with Crippen LogP contribution in [0.2, 0.25) is 5.02 Å². The molecule has 1 N–H and O–H groups in total. The van der Waals surface area contributed by atoms with Gasteiger partial charge in [-0.05, 0) is 49.4 Å². The third kappa shape index (κ3) is 6.37. The molecule has 32 heavy (non-hydrogen) atoms. The molecular weight excluding hydrogens is 449 g/mol. The second-order valence-corrected chi connectivity index (χ2v) is 8.27. The van der Waals surface area contributed by atoms with E-state index in [1.165, 1.54) is 0 Å². The molecule has 0 radical (unpaired) electrons. The number of ether oxygens (including phenoxy) is 2. The maximum absolute atomic E-state index is 12.2. The molecule has 8 heteroatoms. The number of esters is 1. The summed E-state index contributed by atoms with van der Waals surface area (Å²) in [5.41, 5.74) is 2.54. The molecule has 0 atom stereocenters. The van der Waals surface area contributed by atoms with Crippen molar-refractivity contribution in [1.82, 2.24) is 9.88 Å². The summed E-state index contributed by atoms with van der Waals surface area (Å²) in [6.07, 6.45) is 1.38. The van der Waals surface area contributed by atoms with Crippen LogP contribution in [0.4, 0.5) is 5.69 Å². The van der Waals surface area contributed by atoms with Crippen molar-refractivity contribution in [2.45, 2.75) is 19.8 Å². The Morgan fingerprint density at radius 3 is 2.69 bits per heavy atom. The minimum Gasteiger partial charge on any atom is -0.497 e. The normalized spacial score (nSPS) is 11.3. The molecule has 3 aromatic rings.